The van der Waals surface area contributed by atoms with Gasteiger partial charge in [-0.15, -0.1) is 0 Å². The highest BCUT2D eigenvalue weighted by Crippen LogP contribution is 2.07. The zero-order valence-corrected chi connectivity index (χ0v) is 13.7. The summed E-state index contributed by atoms with van der Waals surface area (Å²) in [7, 11) is 0. The summed E-state index contributed by atoms with van der Waals surface area (Å²) in [5.41, 5.74) is 6.28. The van der Waals surface area contributed by atoms with Crippen molar-refractivity contribution in [2.75, 3.05) is 0 Å². The molecule has 0 atom stereocenters. The molecule has 2 rings (SSSR count). The van der Waals surface area contributed by atoms with Crippen molar-refractivity contribution < 1.29 is 4.68 Å². The summed E-state index contributed by atoms with van der Waals surface area (Å²) in [5, 5.41) is 9.35. The molecule has 4 nitrogen and oxygen atoms in total. The Bertz CT molecular complexity index is 681. The van der Waals surface area contributed by atoms with E-state index < -0.39 is 0 Å². The van der Waals surface area contributed by atoms with Crippen LogP contribution in [0.1, 0.15) is 36.6 Å². The Morgan fingerprint density at radius 2 is 1.38 bits per heavy atom. The predicted molar refractivity (Wildman–Crippen MR) is 87.0 cm³/mol. The maximum atomic E-state index is 4.69. The SMILES string of the molecule is CC(=N/n1c(C)ccc1C)/C(C)=N\[n+]1c(C)cccc1C. The van der Waals surface area contributed by atoms with E-state index in [1.165, 1.54) is 0 Å². The van der Waals surface area contributed by atoms with Gasteiger partial charge in [-0.25, -0.2) is 4.68 Å². The number of aryl methyl sites for hydroxylation is 4. The third-order valence-electron chi connectivity index (χ3n) is 3.60. The first-order chi connectivity index (χ1) is 9.90. The number of hydrogen-bond donors (Lipinski definition) is 0. The second-order valence-corrected chi connectivity index (χ2v) is 5.42. The van der Waals surface area contributed by atoms with Gasteiger partial charge < -0.3 is 0 Å². The maximum absolute atomic E-state index is 4.69. The molecule has 0 unspecified atom stereocenters. The molecule has 0 saturated heterocycles. The summed E-state index contributed by atoms with van der Waals surface area (Å²) in [5.74, 6) is 0. The third-order valence-corrected chi connectivity index (χ3v) is 3.60. The lowest BCUT2D eigenvalue weighted by Gasteiger charge is -2.04. The van der Waals surface area contributed by atoms with Crippen molar-refractivity contribution in [3.63, 3.8) is 0 Å². The summed E-state index contributed by atoms with van der Waals surface area (Å²) >= 11 is 0. The van der Waals surface area contributed by atoms with E-state index in [0.717, 1.165) is 34.2 Å². The van der Waals surface area contributed by atoms with E-state index in [2.05, 4.69) is 62.2 Å². The van der Waals surface area contributed by atoms with Crippen molar-refractivity contribution in [1.29, 1.82) is 0 Å². The minimum atomic E-state index is 0.907. The molecule has 0 aliphatic heterocycles. The van der Waals surface area contributed by atoms with Crippen molar-refractivity contribution in [2.24, 2.45) is 10.2 Å². The summed E-state index contributed by atoms with van der Waals surface area (Å²) in [6.45, 7) is 12.2. The van der Waals surface area contributed by atoms with Gasteiger partial charge in [0.25, 0.3) is 0 Å². The normalized spacial score (nSPS) is 12.9. The standard InChI is InChI=1S/C17H23N4/c1-12-8-7-9-13(2)20(12)18-16(5)17(6)19-21-14(3)10-11-15(21)4/h7-11H,1-6H3/q+1/b18-16-,19-17-. The smallest absolute Gasteiger partial charge is 0.211 e. The molecule has 0 spiro atoms. The van der Waals surface area contributed by atoms with Crippen molar-refractivity contribution in [3.05, 3.63) is 53.1 Å². The molecule has 0 N–H and O–H groups in total. The maximum Gasteiger partial charge on any atom is 0.211 e. The first-order valence-electron chi connectivity index (χ1n) is 7.15. The van der Waals surface area contributed by atoms with Crippen LogP contribution in [0.3, 0.4) is 0 Å². The second-order valence-electron chi connectivity index (χ2n) is 5.42. The molecular weight excluding hydrogens is 260 g/mol. The Balaban J connectivity index is 2.39. The number of pyridine rings is 1. The predicted octanol–water partition coefficient (Wildman–Crippen LogP) is 3.16. The van der Waals surface area contributed by atoms with Crippen molar-refractivity contribution in [2.45, 2.75) is 41.5 Å². The van der Waals surface area contributed by atoms with E-state index in [1.807, 2.05) is 29.3 Å². The number of rotatable bonds is 3. The summed E-state index contributed by atoms with van der Waals surface area (Å²) in [4.78, 5) is 0. The van der Waals surface area contributed by atoms with Gasteiger partial charge in [-0.2, -0.15) is 5.10 Å². The third kappa shape index (κ3) is 3.27. The molecular formula is C17H23N4+. The highest BCUT2D eigenvalue weighted by molar-refractivity contribution is 6.40. The molecule has 110 valence electrons. The van der Waals surface area contributed by atoms with Crippen molar-refractivity contribution in [1.82, 2.24) is 4.68 Å². The van der Waals surface area contributed by atoms with Gasteiger partial charge in [0.1, 0.15) is 5.71 Å². The van der Waals surface area contributed by atoms with Gasteiger partial charge in [-0.05, 0) is 45.9 Å². The monoisotopic (exact) mass is 283 g/mol. The van der Waals surface area contributed by atoms with Crippen LogP contribution < -0.4 is 4.68 Å². The van der Waals surface area contributed by atoms with E-state index in [9.17, 15) is 0 Å². The lowest BCUT2D eigenvalue weighted by Crippen LogP contribution is -2.37. The average molecular weight is 283 g/mol. The fraction of sp³-hybridized carbons (Fsp3) is 0.353. The zero-order valence-electron chi connectivity index (χ0n) is 13.7. The van der Waals surface area contributed by atoms with Gasteiger partial charge in [0.15, 0.2) is 0 Å². The van der Waals surface area contributed by atoms with E-state index >= 15 is 0 Å². The van der Waals surface area contributed by atoms with Crippen LogP contribution in [-0.4, -0.2) is 16.1 Å². The molecule has 0 radical (unpaired) electrons. The highest BCUT2D eigenvalue weighted by Gasteiger charge is 2.11. The van der Waals surface area contributed by atoms with E-state index in [4.69, 9.17) is 0 Å². The van der Waals surface area contributed by atoms with Crippen LogP contribution in [0.4, 0.5) is 0 Å². The Labute approximate surface area is 126 Å². The largest absolute Gasteiger partial charge is 0.242 e. The molecule has 0 amide bonds. The Kier molecular flexibility index (Phi) is 4.36. The number of aromatic nitrogens is 2. The molecule has 2 aromatic heterocycles. The molecule has 2 heterocycles. The molecule has 0 saturated carbocycles. The average Bonchev–Trinajstić information content (AvgIpc) is 2.74. The minimum absolute atomic E-state index is 0.907. The van der Waals surface area contributed by atoms with Crippen LogP contribution in [0.2, 0.25) is 0 Å². The molecule has 2 aromatic rings. The van der Waals surface area contributed by atoms with Crippen molar-refractivity contribution in [3.8, 4) is 0 Å². The fourth-order valence-corrected chi connectivity index (χ4v) is 2.17. The van der Waals surface area contributed by atoms with Crippen LogP contribution in [0.25, 0.3) is 0 Å². The Hall–Kier alpha value is -2.23. The van der Waals surface area contributed by atoms with Crippen LogP contribution >= 0.6 is 0 Å². The molecule has 0 aliphatic rings. The zero-order chi connectivity index (χ0) is 15.6. The van der Waals surface area contributed by atoms with E-state index in [-0.39, 0.29) is 0 Å². The lowest BCUT2D eigenvalue weighted by molar-refractivity contribution is -0.690. The summed E-state index contributed by atoms with van der Waals surface area (Å²) in [6, 6.07) is 10.3. The molecule has 0 aromatic carbocycles. The second kappa shape index (κ2) is 6.04. The quantitative estimate of drug-likeness (QED) is 0.612. The van der Waals surface area contributed by atoms with Crippen LogP contribution in [-0.2, 0) is 0 Å². The summed E-state index contributed by atoms with van der Waals surface area (Å²) in [6.07, 6.45) is 0. The van der Waals surface area contributed by atoms with Crippen LogP contribution in [0.5, 0.6) is 0 Å². The van der Waals surface area contributed by atoms with Gasteiger partial charge in [-0.1, -0.05) is 4.68 Å². The van der Waals surface area contributed by atoms with Gasteiger partial charge in [0, 0.05) is 42.5 Å². The first kappa shape index (κ1) is 15.2. The first-order valence-corrected chi connectivity index (χ1v) is 7.15. The van der Waals surface area contributed by atoms with Crippen LogP contribution in [0, 0.1) is 27.7 Å². The number of nitrogens with zero attached hydrogens (tertiary/aromatic N) is 4. The topological polar surface area (TPSA) is 33.5 Å². The number of hydrogen-bond acceptors (Lipinski definition) is 2. The molecule has 0 bridgehead atoms. The Morgan fingerprint density at radius 1 is 0.857 bits per heavy atom. The van der Waals surface area contributed by atoms with Gasteiger partial charge in [0.05, 0.1) is 5.71 Å². The van der Waals surface area contributed by atoms with Crippen molar-refractivity contribution >= 4 is 11.4 Å². The molecule has 0 fully saturated rings. The van der Waals surface area contributed by atoms with E-state index in [0.29, 0.717) is 0 Å². The molecule has 21 heavy (non-hydrogen) atoms. The molecule has 4 heteroatoms. The Morgan fingerprint density at radius 3 is 1.90 bits per heavy atom. The highest BCUT2D eigenvalue weighted by atomic mass is 15.4. The van der Waals surface area contributed by atoms with Gasteiger partial charge in [-0.3, -0.25) is 0 Å². The minimum Gasteiger partial charge on any atom is -0.242 e. The van der Waals surface area contributed by atoms with Gasteiger partial charge >= 0.3 is 0 Å². The summed E-state index contributed by atoms with van der Waals surface area (Å²) < 4.78 is 3.90. The van der Waals surface area contributed by atoms with E-state index in [1.54, 1.807) is 0 Å². The lowest BCUT2D eigenvalue weighted by atomic mass is 10.3. The molecule has 0 aliphatic carbocycles. The van der Waals surface area contributed by atoms with Crippen LogP contribution in [0.15, 0.2) is 40.5 Å². The van der Waals surface area contributed by atoms with Gasteiger partial charge in [0.2, 0.25) is 11.4 Å². The fourth-order valence-electron chi connectivity index (χ4n) is 2.17.